The van der Waals surface area contributed by atoms with Crippen molar-refractivity contribution in [2.24, 2.45) is 0 Å². The summed E-state index contributed by atoms with van der Waals surface area (Å²) in [5, 5.41) is 33.8. The molecule has 1 saturated heterocycles. The fourth-order valence-corrected chi connectivity index (χ4v) is 6.76. The molecule has 13 heteroatoms. The number of hydrogen-bond acceptors (Lipinski definition) is 11. The summed E-state index contributed by atoms with van der Waals surface area (Å²) in [4.78, 5) is 8.59. The van der Waals surface area contributed by atoms with Gasteiger partial charge in [-0.05, 0) is 79.8 Å². The molecule has 1 fully saturated rings. The molecular formula is C40H45ClN8O4. The Balaban J connectivity index is 1.15. The van der Waals surface area contributed by atoms with E-state index >= 15 is 0 Å². The summed E-state index contributed by atoms with van der Waals surface area (Å²) >= 11 is 6.86. The van der Waals surface area contributed by atoms with Crippen molar-refractivity contribution in [3.05, 3.63) is 111 Å². The van der Waals surface area contributed by atoms with Crippen LogP contribution in [0.1, 0.15) is 52.0 Å². The number of aliphatic hydroxyl groups excluding tert-OH is 1. The van der Waals surface area contributed by atoms with Crippen molar-refractivity contribution in [3.63, 3.8) is 0 Å². The number of aliphatic hydroxyl groups is 1. The number of H-pyrrole nitrogens is 1. The number of tetrazole rings is 1. The molecule has 0 spiro atoms. The molecule has 2 N–H and O–H groups in total. The second-order valence-electron chi connectivity index (χ2n) is 13.4. The molecule has 1 aliphatic rings. The van der Waals surface area contributed by atoms with Crippen LogP contribution in [0, 0.1) is 25.2 Å². The van der Waals surface area contributed by atoms with E-state index in [4.69, 9.17) is 25.8 Å². The quantitative estimate of drug-likeness (QED) is 0.107. The molecule has 0 saturated carbocycles. The fourth-order valence-electron chi connectivity index (χ4n) is 6.52. The van der Waals surface area contributed by atoms with E-state index in [0.29, 0.717) is 60.6 Å². The van der Waals surface area contributed by atoms with Crippen molar-refractivity contribution >= 4 is 11.6 Å². The number of rotatable bonds is 17. The van der Waals surface area contributed by atoms with Gasteiger partial charge in [-0.25, -0.2) is 0 Å². The molecule has 2 aromatic heterocycles. The molecule has 1 unspecified atom stereocenters. The highest BCUT2D eigenvalue weighted by Gasteiger charge is 2.20. The van der Waals surface area contributed by atoms with Gasteiger partial charge in [0.05, 0.1) is 23.3 Å². The van der Waals surface area contributed by atoms with Crippen LogP contribution in [0.15, 0.2) is 67.0 Å². The van der Waals surface area contributed by atoms with Crippen LogP contribution in [-0.2, 0) is 26.2 Å². The Kier molecular flexibility index (Phi) is 12.9. The summed E-state index contributed by atoms with van der Waals surface area (Å²) in [6, 6.07) is 20.0. The first-order valence-corrected chi connectivity index (χ1v) is 18.2. The van der Waals surface area contributed by atoms with Crippen molar-refractivity contribution in [1.82, 2.24) is 35.4 Å². The summed E-state index contributed by atoms with van der Waals surface area (Å²) < 4.78 is 19.0. The Hall–Kier alpha value is -5.06. The molecule has 276 valence electrons. The zero-order chi connectivity index (χ0) is 37.2. The minimum atomic E-state index is -0.204. The van der Waals surface area contributed by atoms with E-state index in [-0.39, 0.29) is 12.7 Å². The Morgan fingerprint density at radius 2 is 1.79 bits per heavy atom. The summed E-state index contributed by atoms with van der Waals surface area (Å²) in [6.07, 6.45) is 5.39. The van der Waals surface area contributed by atoms with Crippen molar-refractivity contribution < 1.29 is 19.3 Å². The van der Waals surface area contributed by atoms with Gasteiger partial charge in [0.25, 0.3) is 0 Å². The average molecular weight is 737 g/mol. The summed E-state index contributed by atoms with van der Waals surface area (Å²) in [6.45, 7) is 9.21. The largest absolute Gasteiger partial charge is 0.493 e. The van der Waals surface area contributed by atoms with Crippen LogP contribution >= 0.6 is 11.6 Å². The predicted molar refractivity (Wildman–Crippen MR) is 202 cm³/mol. The first kappa shape index (κ1) is 37.7. The van der Waals surface area contributed by atoms with E-state index < -0.39 is 0 Å². The third kappa shape index (κ3) is 10.1. The molecule has 12 nitrogen and oxygen atoms in total. The van der Waals surface area contributed by atoms with Crippen LogP contribution in [0.4, 0.5) is 0 Å². The number of halogens is 1. The van der Waals surface area contributed by atoms with E-state index in [9.17, 15) is 10.4 Å². The SMILES string of the molecule is Cc1c(COc2cc(OCc3cncc(C#N)c3)c(CN(C)CCc3nn[nH]n3)cc2Cl)cccc1-c1cccc(OCCCN2CCC(O)C2)c1C. The highest BCUT2D eigenvalue weighted by Crippen LogP contribution is 2.36. The van der Waals surface area contributed by atoms with E-state index in [1.165, 1.54) is 6.20 Å². The summed E-state index contributed by atoms with van der Waals surface area (Å²) in [5.74, 6) is 2.64. The minimum Gasteiger partial charge on any atom is -0.493 e. The second kappa shape index (κ2) is 18.1. The van der Waals surface area contributed by atoms with Gasteiger partial charge in [-0.15, -0.1) is 10.2 Å². The van der Waals surface area contributed by atoms with Gasteiger partial charge in [0.1, 0.15) is 36.5 Å². The summed E-state index contributed by atoms with van der Waals surface area (Å²) in [7, 11) is 2.00. The molecule has 0 radical (unpaired) electrons. The molecule has 6 rings (SSSR count). The molecule has 3 aromatic carbocycles. The van der Waals surface area contributed by atoms with Gasteiger partial charge in [0.2, 0.25) is 0 Å². The molecule has 0 bridgehead atoms. The number of β-amino-alcohol motifs (C(OH)–C–C–N with tert-alkyl or cyclic N) is 1. The first-order valence-electron chi connectivity index (χ1n) is 17.8. The fraction of sp³-hybridized carbons (Fsp3) is 0.375. The molecular weight excluding hydrogens is 692 g/mol. The zero-order valence-corrected chi connectivity index (χ0v) is 31.1. The number of benzene rings is 3. The smallest absolute Gasteiger partial charge is 0.175 e. The number of likely N-dealkylation sites (N-methyl/N-ethyl adjacent to an activating group) is 1. The molecule has 1 aliphatic heterocycles. The normalized spacial score (nSPS) is 14.4. The number of ether oxygens (including phenoxy) is 3. The van der Waals surface area contributed by atoms with Gasteiger partial charge in [-0.3, -0.25) is 4.98 Å². The van der Waals surface area contributed by atoms with Gasteiger partial charge < -0.3 is 29.1 Å². The Morgan fingerprint density at radius 3 is 2.57 bits per heavy atom. The van der Waals surface area contributed by atoms with Crippen molar-refractivity contribution in [3.8, 4) is 34.4 Å². The van der Waals surface area contributed by atoms with Crippen molar-refractivity contribution in [1.29, 1.82) is 5.26 Å². The highest BCUT2D eigenvalue weighted by atomic mass is 35.5. The van der Waals surface area contributed by atoms with Crippen LogP contribution in [0.3, 0.4) is 0 Å². The third-order valence-electron chi connectivity index (χ3n) is 9.51. The molecule has 0 amide bonds. The van der Waals surface area contributed by atoms with Gasteiger partial charge in [0, 0.05) is 68.7 Å². The molecule has 0 aliphatic carbocycles. The van der Waals surface area contributed by atoms with E-state index in [1.54, 1.807) is 12.3 Å². The predicted octanol–water partition coefficient (Wildman–Crippen LogP) is 6.07. The Bertz CT molecular complexity index is 2020. The maximum atomic E-state index is 9.80. The number of nitriles is 1. The zero-order valence-electron chi connectivity index (χ0n) is 30.4. The maximum Gasteiger partial charge on any atom is 0.175 e. The lowest BCUT2D eigenvalue weighted by Crippen LogP contribution is -2.24. The highest BCUT2D eigenvalue weighted by molar-refractivity contribution is 6.32. The number of nitrogens with zero attached hydrogens (tertiary/aromatic N) is 7. The maximum absolute atomic E-state index is 9.80. The van der Waals surface area contributed by atoms with Gasteiger partial charge in [-0.2, -0.15) is 10.5 Å². The number of nitrogens with one attached hydrogen (secondary N) is 1. The van der Waals surface area contributed by atoms with Gasteiger partial charge in [0.15, 0.2) is 5.82 Å². The molecule has 5 aromatic rings. The van der Waals surface area contributed by atoms with Gasteiger partial charge >= 0.3 is 0 Å². The lowest BCUT2D eigenvalue weighted by molar-refractivity contribution is 0.173. The molecule has 1 atom stereocenters. The monoisotopic (exact) mass is 736 g/mol. The van der Waals surface area contributed by atoms with E-state index in [0.717, 1.165) is 77.2 Å². The first-order chi connectivity index (χ1) is 25.8. The topological polar surface area (TPSA) is 146 Å². The minimum absolute atomic E-state index is 0.204. The average Bonchev–Trinajstić information content (AvgIpc) is 3.85. The number of pyridine rings is 1. The number of aromatic amines is 1. The standard InChI is InChI=1S/C40H45ClN8O4/c1-27-31(7-4-8-34(27)35-9-5-10-37(28(35)2)51-16-6-13-49-15-11-33(50)24-49)26-53-39-19-38(52-25-30-17-29(20-42)21-43-22-30)32(18-36(39)41)23-48(3)14-12-40-44-46-47-45-40/h4-5,7-10,17-19,21-22,33,50H,6,11-16,23-26H2,1-3H3,(H,44,45,46,47). The molecule has 53 heavy (non-hydrogen) atoms. The Labute approximate surface area is 315 Å². The number of aromatic nitrogens is 5. The lowest BCUT2D eigenvalue weighted by Gasteiger charge is -2.21. The number of hydrogen-bond donors (Lipinski definition) is 2. The van der Waals surface area contributed by atoms with Crippen LogP contribution in [0.2, 0.25) is 5.02 Å². The lowest BCUT2D eigenvalue weighted by atomic mass is 9.93. The Morgan fingerprint density at radius 1 is 0.981 bits per heavy atom. The van der Waals surface area contributed by atoms with Crippen molar-refractivity contribution in [2.45, 2.75) is 59.0 Å². The van der Waals surface area contributed by atoms with Crippen LogP contribution < -0.4 is 14.2 Å². The van der Waals surface area contributed by atoms with Crippen LogP contribution in [-0.4, -0.2) is 86.5 Å². The van der Waals surface area contributed by atoms with E-state index in [2.05, 4.69) is 73.5 Å². The van der Waals surface area contributed by atoms with Gasteiger partial charge in [-0.1, -0.05) is 47.1 Å². The second-order valence-corrected chi connectivity index (χ2v) is 13.8. The van der Waals surface area contributed by atoms with E-state index in [1.807, 2.05) is 37.4 Å². The number of likely N-dealkylation sites (tertiary alicyclic amines) is 1. The van der Waals surface area contributed by atoms with Crippen LogP contribution in [0.5, 0.6) is 17.2 Å². The third-order valence-corrected chi connectivity index (χ3v) is 9.80. The van der Waals surface area contributed by atoms with Crippen LogP contribution in [0.25, 0.3) is 11.1 Å². The molecule has 3 heterocycles. The summed E-state index contributed by atoms with van der Waals surface area (Å²) in [5.41, 5.74) is 7.58. The van der Waals surface area contributed by atoms with Crippen molar-refractivity contribution in [2.75, 3.05) is 39.8 Å².